The van der Waals surface area contributed by atoms with E-state index in [1.54, 1.807) is 0 Å². The van der Waals surface area contributed by atoms with E-state index >= 15 is 4.39 Å². The number of nitrogens with one attached hydrogen (secondary N) is 1. The monoisotopic (exact) mass is 484 g/mol. The van der Waals surface area contributed by atoms with Crippen LogP contribution in [-0.2, 0) is 21.2 Å². The second kappa shape index (κ2) is 9.06. The van der Waals surface area contributed by atoms with Gasteiger partial charge in [-0.1, -0.05) is 30.3 Å². The first kappa shape index (κ1) is 23.7. The molecule has 178 valence electrons. The lowest BCUT2D eigenvalue weighted by atomic mass is 9.95. The molecule has 1 saturated carbocycles. The van der Waals surface area contributed by atoms with Gasteiger partial charge in [0.1, 0.15) is 12.0 Å². The molecule has 1 N–H and O–H groups in total. The summed E-state index contributed by atoms with van der Waals surface area (Å²) in [5, 5.41) is 0. The number of rotatable bonds is 7. The minimum atomic E-state index is -3.80. The van der Waals surface area contributed by atoms with Gasteiger partial charge in [-0.25, -0.2) is 30.7 Å². The van der Waals surface area contributed by atoms with Crippen molar-refractivity contribution in [1.82, 2.24) is 9.62 Å². The van der Waals surface area contributed by atoms with E-state index in [-0.39, 0.29) is 47.2 Å². The Hall–Kier alpha value is -2.46. The Morgan fingerprint density at radius 2 is 1.70 bits per heavy atom. The molecule has 0 spiro atoms. The summed E-state index contributed by atoms with van der Waals surface area (Å²) in [6.07, 6.45) is -0.502. The Morgan fingerprint density at radius 3 is 2.33 bits per heavy atom. The van der Waals surface area contributed by atoms with Crippen LogP contribution < -0.4 is 4.72 Å². The zero-order valence-corrected chi connectivity index (χ0v) is 18.7. The number of hydrogen-bond donors (Lipinski definition) is 1. The highest BCUT2D eigenvalue weighted by molar-refractivity contribution is 7.89. The first-order valence-corrected chi connectivity index (χ1v) is 12.4. The fourth-order valence-electron chi connectivity index (χ4n) is 4.25. The summed E-state index contributed by atoms with van der Waals surface area (Å²) in [4.78, 5) is 14.1. The number of alkyl halides is 1. The summed E-state index contributed by atoms with van der Waals surface area (Å²) in [6.45, 7) is 1.11. The van der Waals surface area contributed by atoms with Gasteiger partial charge in [-0.3, -0.25) is 4.79 Å². The molecule has 1 aliphatic heterocycles. The SMILES string of the molecule is CCS(=O)(=O)N[C@H]1[C@@H](F)CN(C(=O)C2CC2)[C@H]1Cc1cccc(-c2cccc(F)c2F)c1F. The molecule has 2 aromatic rings. The molecule has 10 heteroatoms. The van der Waals surface area contributed by atoms with Crippen molar-refractivity contribution in [2.75, 3.05) is 12.3 Å². The molecule has 0 bridgehead atoms. The second-order valence-electron chi connectivity index (χ2n) is 8.48. The smallest absolute Gasteiger partial charge is 0.226 e. The van der Waals surface area contributed by atoms with E-state index < -0.39 is 45.7 Å². The van der Waals surface area contributed by atoms with Gasteiger partial charge in [-0.2, -0.15) is 0 Å². The largest absolute Gasteiger partial charge is 0.334 e. The Morgan fingerprint density at radius 1 is 1.06 bits per heavy atom. The van der Waals surface area contributed by atoms with E-state index in [2.05, 4.69) is 4.72 Å². The molecule has 0 unspecified atom stereocenters. The molecular formula is C23H24F4N2O3S. The first-order valence-electron chi connectivity index (χ1n) is 10.8. The Balaban J connectivity index is 1.70. The van der Waals surface area contributed by atoms with Gasteiger partial charge in [0.2, 0.25) is 15.9 Å². The second-order valence-corrected chi connectivity index (χ2v) is 10.5. The summed E-state index contributed by atoms with van der Waals surface area (Å²) in [6, 6.07) is 5.39. The van der Waals surface area contributed by atoms with Crippen molar-refractivity contribution in [3.05, 3.63) is 59.4 Å². The summed E-state index contributed by atoms with van der Waals surface area (Å²) >= 11 is 0. The quantitative estimate of drug-likeness (QED) is 0.611. The van der Waals surface area contributed by atoms with Gasteiger partial charge in [0, 0.05) is 17.0 Å². The van der Waals surface area contributed by atoms with Crippen LogP contribution in [0.25, 0.3) is 11.1 Å². The number of carbonyl (C=O) groups excluding carboxylic acids is 1. The minimum Gasteiger partial charge on any atom is -0.334 e. The van der Waals surface area contributed by atoms with E-state index in [1.165, 1.54) is 42.2 Å². The Kier molecular flexibility index (Phi) is 6.50. The normalized spacial score (nSPS) is 23.2. The summed E-state index contributed by atoms with van der Waals surface area (Å²) in [5.74, 6) is -3.95. The van der Waals surface area contributed by atoms with Crippen LogP contribution in [0, 0.1) is 23.4 Å². The van der Waals surface area contributed by atoms with Gasteiger partial charge < -0.3 is 4.90 Å². The van der Waals surface area contributed by atoms with Gasteiger partial charge in [-0.15, -0.1) is 0 Å². The van der Waals surface area contributed by atoms with E-state index in [4.69, 9.17) is 0 Å². The predicted molar refractivity (Wildman–Crippen MR) is 115 cm³/mol. The van der Waals surface area contributed by atoms with Crippen LogP contribution in [0.4, 0.5) is 17.6 Å². The lowest BCUT2D eigenvalue weighted by Gasteiger charge is -2.29. The summed E-state index contributed by atoms with van der Waals surface area (Å²) in [5.41, 5.74) is -0.395. The van der Waals surface area contributed by atoms with E-state index in [0.717, 1.165) is 6.07 Å². The minimum absolute atomic E-state index is 0.0459. The van der Waals surface area contributed by atoms with Crippen LogP contribution in [0.2, 0.25) is 0 Å². The fourth-order valence-corrected chi connectivity index (χ4v) is 5.14. The molecule has 0 aromatic heterocycles. The maximum Gasteiger partial charge on any atom is 0.226 e. The maximum atomic E-state index is 15.4. The third-order valence-electron chi connectivity index (χ3n) is 6.23. The molecule has 1 aliphatic carbocycles. The van der Waals surface area contributed by atoms with E-state index in [0.29, 0.717) is 12.8 Å². The standard InChI is InChI=1S/C23H24F4N2O3S/c1-2-33(31,32)28-22-18(25)12-29(23(30)13-9-10-13)19(22)11-14-5-3-6-15(20(14)26)16-7-4-8-17(24)21(16)27/h3-8,13,18-19,22,28H,2,9-12H2,1H3/t18-,19-,22-/m0/s1. The molecule has 1 amide bonds. The van der Waals surface area contributed by atoms with Crippen molar-refractivity contribution >= 4 is 15.9 Å². The molecule has 4 rings (SSSR count). The average molecular weight is 485 g/mol. The van der Waals surface area contributed by atoms with Crippen molar-refractivity contribution in [3.8, 4) is 11.1 Å². The predicted octanol–water partition coefficient (Wildman–Crippen LogP) is 3.58. The number of carbonyl (C=O) groups is 1. The molecule has 33 heavy (non-hydrogen) atoms. The molecule has 3 atom stereocenters. The zero-order chi connectivity index (χ0) is 23.9. The lowest BCUT2D eigenvalue weighted by Crippen LogP contribution is -2.50. The first-order chi connectivity index (χ1) is 15.6. The highest BCUT2D eigenvalue weighted by Gasteiger charge is 2.48. The molecule has 1 saturated heterocycles. The third kappa shape index (κ3) is 4.77. The third-order valence-corrected chi connectivity index (χ3v) is 7.62. The average Bonchev–Trinajstić information content (AvgIpc) is 3.58. The number of hydrogen-bond acceptors (Lipinski definition) is 3. The van der Waals surface area contributed by atoms with Gasteiger partial charge in [0.15, 0.2) is 11.6 Å². The van der Waals surface area contributed by atoms with Crippen molar-refractivity contribution in [2.45, 2.75) is 44.4 Å². The van der Waals surface area contributed by atoms with Gasteiger partial charge in [0.05, 0.1) is 24.4 Å². The van der Waals surface area contributed by atoms with Crippen LogP contribution in [0.3, 0.4) is 0 Å². The molecule has 2 aliphatic rings. The van der Waals surface area contributed by atoms with Crippen molar-refractivity contribution in [2.24, 2.45) is 5.92 Å². The van der Waals surface area contributed by atoms with Crippen LogP contribution >= 0.6 is 0 Å². The van der Waals surface area contributed by atoms with Crippen LogP contribution in [-0.4, -0.2) is 49.8 Å². The lowest BCUT2D eigenvalue weighted by molar-refractivity contribution is -0.133. The highest BCUT2D eigenvalue weighted by Crippen LogP contribution is 2.36. The number of likely N-dealkylation sites (tertiary alicyclic amines) is 1. The highest BCUT2D eigenvalue weighted by atomic mass is 32.2. The number of halogens is 4. The number of nitrogens with zero attached hydrogens (tertiary/aromatic N) is 1. The number of sulfonamides is 1. The van der Waals surface area contributed by atoms with Gasteiger partial charge >= 0.3 is 0 Å². The van der Waals surface area contributed by atoms with Crippen molar-refractivity contribution in [3.63, 3.8) is 0 Å². The topological polar surface area (TPSA) is 66.5 Å². The molecule has 2 fully saturated rings. The molecule has 5 nitrogen and oxygen atoms in total. The van der Waals surface area contributed by atoms with Gasteiger partial charge in [-0.05, 0) is 37.8 Å². The molecule has 2 aromatic carbocycles. The van der Waals surface area contributed by atoms with E-state index in [1.807, 2.05) is 0 Å². The summed E-state index contributed by atoms with van der Waals surface area (Å²) in [7, 11) is -3.80. The maximum absolute atomic E-state index is 15.4. The number of amides is 1. The van der Waals surface area contributed by atoms with Crippen LogP contribution in [0.5, 0.6) is 0 Å². The van der Waals surface area contributed by atoms with Crippen molar-refractivity contribution in [1.29, 1.82) is 0 Å². The molecule has 1 heterocycles. The number of benzene rings is 2. The van der Waals surface area contributed by atoms with Crippen LogP contribution in [0.15, 0.2) is 36.4 Å². The zero-order valence-electron chi connectivity index (χ0n) is 17.9. The molecule has 0 radical (unpaired) electrons. The Bertz CT molecular complexity index is 1170. The molecular weight excluding hydrogens is 460 g/mol. The van der Waals surface area contributed by atoms with Crippen LogP contribution in [0.1, 0.15) is 25.3 Å². The van der Waals surface area contributed by atoms with Gasteiger partial charge in [0.25, 0.3) is 0 Å². The van der Waals surface area contributed by atoms with E-state index in [9.17, 15) is 26.4 Å². The van der Waals surface area contributed by atoms with Crippen molar-refractivity contribution < 1.29 is 30.8 Å². The summed E-state index contributed by atoms with van der Waals surface area (Å²) < 4.78 is 85.0. The Labute approximate surface area is 189 Å². The fraction of sp³-hybridized carbons (Fsp3) is 0.435.